The number of aromatic amines is 1. The van der Waals surface area contributed by atoms with Gasteiger partial charge in [-0.05, 0) is 68.2 Å². The normalized spacial score (nSPS) is 24.5. The summed E-state index contributed by atoms with van der Waals surface area (Å²) in [6.45, 7) is 5.78. The zero-order valence-corrected chi connectivity index (χ0v) is 13.6. The van der Waals surface area contributed by atoms with E-state index in [2.05, 4.69) is 11.6 Å². The molecule has 0 amide bonds. The van der Waals surface area contributed by atoms with E-state index in [-0.39, 0.29) is 17.2 Å². The number of rotatable bonds is 4. The third-order valence-electron chi connectivity index (χ3n) is 4.84. The van der Waals surface area contributed by atoms with E-state index in [1.165, 1.54) is 0 Å². The van der Waals surface area contributed by atoms with Gasteiger partial charge in [-0.2, -0.15) is 0 Å². The van der Waals surface area contributed by atoms with Crippen molar-refractivity contribution in [2.45, 2.75) is 50.7 Å². The predicted octanol–water partition coefficient (Wildman–Crippen LogP) is 3.43. The molecule has 1 saturated carbocycles. The van der Waals surface area contributed by atoms with Gasteiger partial charge in [0.1, 0.15) is 5.75 Å². The van der Waals surface area contributed by atoms with E-state index in [1.54, 1.807) is 6.20 Å². The monoisotopic (exact) mass is 312 g/mol. The van der Waals surface area contributed by atoms with Crippen molar-refractivity contribution >= 4 is 10.8 Å². The van der Waals surface area contributed by atoms with Crippen molar-refractivity contribution in [3.8, 4) is 5.75 Å². The van der Waals surface area contributed by atoms with E-state index in [0.717, 1.165) is 48.8 Å². The SMILES string of the molecule is C=CCC1(N)CCC(Oc2cc3cc[nH]c(=O)c3cc2C)CC1. The molecule has 1 aromatic carbocycles. The Labute approximate surface area is 136 Å². The number of hydrogen-bond donors (Lipinski definition) is 2. The molecule has 0 atom stereocenters. The third-order valence-corrected chi connectivity index (χ3v) is 4.84. The summed E-state index contributed by atoms with van der Waals surface area (Å²) in [7, 11) is 0. The van der Waals surface area contributed by atoms with Gasteiger partial charge in [0.25, 0.3) is 5.56 Å². The van der Waals surface area contributed by atoms with Crippen molar-refractivity contribution in [3.63, 3.8) is 0 Å². The van der Waals surface area contributed by atoms with Crippen LogP contribution in [0.4, 0.5) is 0 Å². The van der Waals surface area contributed by atoms with Crippen molar-refractivity contribution in [2.75, 3.05) is 0 Å². The van der Waals surface area contributed by atoms with E-state index in [4.69, 9.17) is 10.5 Å². The third kappa shape index (κ3) is 3.32. The van der Waals surface area contributed by atoms with E-state index >= 15 is 0 Å². The highest BCUT2D eigenvalue weighted by atomic mass is 16.5. The van der Waals surface area contributed by atoms with Crippen molar-refractivity contribution < 1.29 is 4.74 Å². The topological polar surface area (TPSA) is 68.1 Å². The molecule has 1 aromatic heterocycles. The molecular weight excluding hydrogens is 288 g/mol. The van der Waals surface area contributed by atoms with Gasteiger partial charge in [0.05, 0.1) is 6.10 Å². The van der Waals surface area contributed by atoms with Crippen LogP contribution in [0.3, 0.4) is 0 Å². The van der Waals surface area contributed by atoms with Crippen molar-refractivity contribution in [3.05, 3.63) is 53.0 Å². The smallest absolute Gasteiger partial charge is 0.255 e. The summed E-state index contributed by atoms with van der Waals surface area (Å²) < 4.78 is 6.21. The Morgan fingerprint density at radius 1 is 1.43 bits per heavy atom. The molecule has 1 aliphatic carbocycles. The molecule has 3 rings (SSSR count). The Bertz CT molecular complexity index is 771. The summed E-state index contributed by atoms with van der Waals surface area (Å²) in [5.74, 6) is 0.862. The van der Waals surface area contributed by atoms with Crippen LogP contribution in [0.15, 0.2) is 41.8 Å². The van der Waals surface area contributed by atoms with Gasteiger partial charge in [-0.15, -0.1) is 6.58 Å². The first-order chi connectivity index (χ1) is 11.0. The Morgan fingerprint density at radius 2 is 2.17 bits per heavy atom. The number of fused-ring (bicyclic) bond motifs is 1. The van der Waals surface area contributed by atoms with Crippen LogP contribution in [0.2, 0.25) is 0 Å². The van der Waals surface area contributed by atoms with E-state index in [9.17, 15) is 4.79 Å². The minimum atomic E-state index is -0.118. The fourth-order valence-electron chi connectivity index (χ4n) is 3.41. The average molecular weight is 312 g/mol. The molecule has 4 nitrogen and oxygen atoms in total. The Morgan fingerprint density at radius 3 is 2.87 bits per heavy atom. The highest BCUT2D eigenvalue weighted by molar-refractivity contribution is 5.83. The van der Waals surface area contributed by atoms with Gasteiger partial charge in [0.15, 0.2) is 0 Å². The van der Waals surface area contributed by atoms with Crippen LogP contribution >= 0.6 is 0 Å². The van der Waals surface area contributed by atoms with Gasteiger partial charge in [0, 0.05) is 17.1 Å². The molecule has 3 N–H and O–H groups in total. The molecule has 4 heteroatoms. The summed E-state index contributed by atoms with van der Waals surface area (Å²) in [6, 6.07) is 5.77. The summed E-state index contributed by atoms with van der Waals surface area (Å²) in [4.78, 5) is 14.6. The number of benzene rings is 1. The number of nitrogens with two attached hydrogens (primary N) is 1. The maximum atomic E-state index is 11.8. The van der Waals surface area contributed by atoms with Gasteiger partial charge in [-0.1, -0.05) is 6.08 Å². The van der Waals surface area contributed by atoms with Crippen LogP contribution in [0, 0.1) is 6.92 Å². The quantitative estimate of drug-likeness (QED) is 0.850. The van der Waals surface area contributed by atoms with Crippen LogP contribution < -0.4 is 16.0 Å². The van der Waals surface area contributed by atoms with Crippen molar-refractivity contribution in [1.29, 1.82) is 0 Å². The second-order valence-electron chi connectivity index (χ2n) is 6.68. The number of aryl methyl sites for hydroxylation is 1. The zero-order valence-electron chi connectivity index (χ0n) is 13.6. The minimum absolute atomic E-state index is 0.0628. The molecule has 2 aromatic rings. The van der Waals surface area contributed by atoms with Gasteiger partial charge < -0.3 is 15.5 Å². The number of hydrogen-bond acceptors (Lipinski definition) is 3. The molecule has 23 heavy (non-hydrogen) atoms. The molecule has 122 valence electrons. The van der Waals surface area contributed by atoms with Crippen LogP contribution in [-0.2, 0) is 0 Å². The minimum Gasteiger partial charge on any atom is -0.490 e. The number of aromatic nitrogens is 1. The number of pyridine rings is 1. The second kappa shape index (κ2) is 6.20. The maximum absolute atomic E-state index is 11.8. The van der Waals surface area contributed by atoms with Gasteiger partial charge in [-0.25, -0.2) is 0 Å². The van der Waals surface area contributed by atoms with Crippen LogP contribution in [0.25, 0.3) is 10.8 Å². The van der Waals surface area contributed by atoms with Crippen LogP contribution in [-0.4, -0.2) is 16.6 Å². The molecule has 1 fully saturated rings. The molecule has 0 saturated heterocycles. The average Bonchev–Trinajstić information content (AvgIpc) is 2.52. The molecular formula is C19H24N2O2. The highest BCUT2D eigenvalue weighted by Gasteiger charge is 2.31. The predicted molar refractivity (Wildman–Crippen MR) is 93.9 cm³/mol. The zero-order chi connectivity index (χ0) is 16.4. The van der Waals surface area contributed by atoms with Gasteiger partial charge in [0.2, 0.25) is 0 Å². The molecule has 0 unspecified atom stereocenters. The number of nitrogens with one attached hydrogen (secondary N) is 1. The lowest BCUT2D eigenvalue weighted by molar-refractivity contribution is 0.118. The van der Waals surface area contributed by atoms with E-state index in [1.807, 2.05) is 31.2 Å². The first kappa shape index (κ1) is 15.8. The van der Waals surface area contributed by atoms with Crippen molar-refractivity contribution in [2.24, 2.45) is 5.73 Å². The molecule has 0 bridgehead atoms. The molecule has 1 heterocycles. The lowest BCUT2D eigenvalue weighted by Crippen LogP contribution is -2.44. The number of H-pyrrole nitrogens is 1. The Kier molecular flexibility index (Phi) is 4.26. The highest BCUT2D eigenvalue weighted by Crippen LogP contribution is 2.33. The fraction of sp³-hybridized carbons (Fsp3) is 0.421. The standard InChI is InChI=1S/C19H24N2O2/c1-3-7-19(20)8-4-15(5-9-19)23-17-12-14-6-10-21-18(22)16(14)11-13(17)2/h3,6,10-12,15H,1,4-5,7-9,20H2,2H3,(H,21,22). The van der Waals surface area contributed by atoms with Crippen LogP contribution in [0.1, 0.15) is 37.7 Å². The fourth-order valence-corrected chi connectivity index (χ4v) is 3.41. The summed E-state index contributed by atoms with van der Waals surface area (Å²) >= 11 is 0. The van der Waals surface area contributed by atoms with E-state index in [0.29, 0.717) is 5.39 Å². The van der Waals surface area contributed by atoms with Crippen molar-refractivity contribution in [1.82, 2.24) is 4.98 Å². The molecule has 0 spiro atoms. The molecule has 0 radical (unpaired) electrons. The first-order valence-electron chi connectivity index (χ1n) is 8.19. The van der Waals surface area contributed by atoms with Gasteiger partial charge in [-0.3, -0.25) is 4.79 Å². The maximum Gasteiger partial charge on any atom is 0.255 e. The number of ether oxygens (including phenoxy) is 1. The molecule has 1 aliphatic rings. The molecule has 0 aliphatic heterocycles. The lowest BCUT2D eigenvalue weighted by atomic mass is 9.79. The summed E-state index contributed by atoms with van der Waals surface area (Å²) in [5.41, 5.74) is 7.19. The lowest BCUT2D eigenvalue weighted by Gasteiger charge is -2.36. The second-order valence-corrected chi connectivity index (χ2v) is 6.68. The largest absolute Gasteiger partial charge is 0.490 e. The van der Waals surface area contributed by atoms with E-state index < -0.39 is 0 Å². The summed E-state index contributed by atoms with van der Waals surface area (Å²) in [5, 5.41) is 1.61. The summed E-state index contributed by atoms with van der Waals surface area (Å²) in [6.07, 6.45) is 8.45. The Balaban J connectivity index is 1.76. The van der Waals surface area contributed by atoms with Gasteiger partial charge >= 0.3 is 0 Å². The van der Waals surface area contributed by atoms with Crippen LogP contribution in [0.5, 0.6) is 5.75 Å². The Hall–Kier alpha value is -2.07. The first-order valence-corrected chi connectivity index (χ1v) is 8.19.